The van der Waals surface area contributed by atoms with Gasteiger partial charge in [0.25, 0.3) is 0 Å². The number of hydrogen-bond acceptors (Lipinski definition) is 2. The molecule has 0 heterocycles. The molecule has 0 aliphatic rings. The maximum atomic E-state index is 12.2. The summed E-state index contributed by atoms with van der Waals surface area (Å²) in [7, 11) is 0. The molecule has 1 amide bonds. The van der Waals surface area contributed by atoms with Crippen molar-refractivity contribution < 1.29 is 4.79 Å². The number of amides is 1. The molecule has 1 rings (SSSR count). The van der Waals surface area contributed by atoms with E-state index in [1.165, 1.54) is 0 Å². The maximum absolute atomic E-state index is 12.2. The zero-order valence-corrected chi connectivity index (χ0v) is 13.2. The Kier molecular flexibility index (Phi) is 6.24. The zero-order chi connectivity index (χ0) is 15.2. The van der Waals surface area contributed by atoms with E-state index in [1.54, 1.807) is 29.2 Å². The van der Waals surface area contributed by atoms with Crippen molar-refractivity contribution in [2.24, 2.45) is 11.1 Å². The van der Waals surface area contributed by atoms with Gasteiger partial charge in [0.15, 0.2) is 0 Å². The number of nitrogens with two attached hydrogens (primary N) is 1. The maximum Gasteiger partial charge on any atom is 0.246 e. The Morgan fingerprint density at radius 2 is 1.95 bits per heavy atom. The summed E-state index contributed by atoms with van der Waals surface area (Å²) < 4.78 is 0. The van der Waals surface area contributed by atoms with Gasteiger partial charge in [0.2, 0.25) is 5.91 Å². The van der Waals surface area contributed by atoms with Gasteiger partial charge in [0, 0.05) is 24.2 Å². The molecule has 110 valence electrons. The fourth-order valence-corrected chi connectivity index (χ4v) is 1.90. The molecule has 0 aliphatic heterocycles. The number of halogens is 1. The van der Waals surface area contributed by atoms with E-state index in [9.17, 15) is 4.79 Å². The van der Waals surface area contributed by atoms with Gasteiger partial charge in [-0.1, -0.05) is 37.6 Å². The van der Waals surface area contributed by atoms with Gasteiger partial charge in [0.1, 0.15) is 0 Å². The Balaban J connectivity index is 2.70. The predicted molar refractivity (Wildman–Crippen MR) is 85.6 cm³/mol. The number of carbonyl (C=O) groups excluding carboxylic acids is 1. The minimum Gasteiger partial charge on any atom is -0.339 e. The normalized spacial score (nSPS) is 11.8. The molecule has 0 bridgehead atoms. The quantitative estimate of drug-likeness (QED) is 0.819. The molecule has 0 radical (unpaired) electrons. The van der Waals surface area contributed by atoms with Gasteiger partial charge in [-0.05, 0) is 42.7 Å². The van der Waals surface area contributed by atoms with E-state index >= 15 is 0 Å². The molecule has 0 saturated heterocycles. The summed E-state index contributed by atoms with van der Waals surface area (Å²) in [6.45, 7) is 7.98. The molecule has 0 saturated carbocycles. The van der Waals surface area contributed by atoms with Crippen LogP contribution in [0.15, 0.2) is 30.3 Å². The van der Waals surface area contributed by atoms with E-state index in [1.807, 2.05) is 19.1 Å². The summed E-state index contributed by atoms with van der Waals surface area (Å²) in [6, 6.07) is 7.38. The van der Waals surface area contributed by atoms with Gasteiger partial charge in [-0.3, -0.25) is 4.79 Å². The number of carbonyl (C=O) groups is 1. The van der Waals surface area contributed by atoms with Crippen LogP contribution in [0.4, 0.5) is 0 Å². The lowest BCUT2D eigenvalue weighted by Gasteiger charge is -2.30. The summed E-state index contributed by atoms with van der Waals surface area (Å²) in [6.07, 6.45) is 3.40. The van der Waals surface area contributed by atoms with E-state index in [0.717, 1.165) is 5.56 Å². The Hall–Kier alpha value is -1.32. The van der Waals surface area contributed by atoms with Crippen LogP contribution in [0.1, 0.15) is 26.3 Å². The van der Waals surface area contributed by atoms with Crippen LogP contribution in [0, 0.1) is 5.41 Å². The number of hydrogen-bond donors (Lipinski definition) is 1. The molecule has 1 aromatic rings. The topological polar surface area (TPSA) is 46.3 Å². The highest BCUT2D eigenvalue weighted by Gasteiger charge is 2.21. The highest BCUT2D eigenvalue weighted by atomic mass is 35.5. The van der Waals surface area contributed by atoms with Crippen molar-refractivity contribution >= 4 is 23.6 Å². The summed E-state index contributed by atoms with van der Waals surface area (Å²) in [5, 5.41) is 0.688. The number of rotatable bonds is 6. The van der Waals surface area contributed by atoms with Crippen LogP contribution in [-0.4, -0.2) is 30.4 Å². The lowest BCUT2D eigenvalue weighted by atomic mass is 9.93. The van der Waals surface area contributed by atoms with Gasteiger partial charge in [-0.25, -0.2) is 0 Å². The second-order valence-electron chi connectivity index (χ2n) is 5.61. The number of benzene rings is 1. The molecular formula is C16H23ClN2O. The lowest BCUT2D eigenvalue weighted by Crippen LogP contribution is -2.41. The van der Waals surface area contributed by atoms with Gasteiger partial charge in [0.05, 0.1) is 0 Å². The molecule has 4 heteroatoms. The van der Waals surface area contributed by atoms with Crippen LogP contribution >= 0.6 is 11.6 Å². The molecule has 20 heavy (non-hydrogen) atoms. The Morgan fingerprint density at radius 1 is 1.35 bits per heavy atom. The molecule has 1 aromatic carbocycles. The van der Waals surface area contributed by atoms with Gasteiger partial charge in [-0.15, -0.1) is 0 Å². The highest BCUT2D eigenvalue weighted by molar-refractivity contribution is 6.30. The van der Waals surface area contributed by atoms with Crippen LogP contribution in [0.25, 0.3) is 6.08 Å². The van der Waals surface area contributed by atoms with Crippen LogP contribution in [0.2, 0.25) is 5.02 Å². The first-order valence-electron chi connectivity index (χ1n) is 6.80. The summed E-state index contributed by atoms with van der Waals surface area (Å²) in [4.78, 5) is 14.0. The predicted octanol–water partition coefficient (Wildman–Crippen LogP) is 3.19. The zero-order valence-electron chi connectivity index (χ0n) is 12.4. The van der Waals surface area contributed by atoms with Crippen molar-refractivity contribution in [3.63, 3.8) is 0 Å². The second kappa shape index (κ2) is 7.46. The summed E-state index contributed by atoms with van der Waals surface area (Å²) in [5.74, 6) is 0.00368. The van der Waals surface area contributed by atoms with Gasteiger partial charge in [-0.2, -0.15) is 0 Å². The largest absolute Gasteiger partial charge is 0.339 e. The van der Waals surface area contributed by atoms with E-state index < -0.39 is 0 Å². The Morgan fingerprint density at radius 3 is 2.45 bits per heavy atom. The van der Waals surface area contributed by atoms with E-state index in [2.05, 4.69) is 13.8 Å². The fourth-order valence-electron chi connectivity index (χ4n) is 1.77. The molecule has 0 aliphatic carbocycles. The average molecular weight is 295 g/mol. The Labute approximate surface area is 126 Å². The fraction of sp³-hybridized carbons (Fsp3) is 0.438. The number of nitrogens with zero attached hydrogens (tertiary/aromatic N) is 1. The van der Waals surface area contributed by atoms with E-state index in [0.29, 0.717) is 24.7 Å². The van der Waals surface area contributed by atoms with E-state index in [-0.39, 0.29) is 11.3 Å². The molecule has 0 aromatic heterocycles. The molecular weight excluding hydrogens is 272 g/mol. The first-order chi connectivity index (χ1) is 9.38. The smallest absolute Gasteiger partial charge is 0.246 e. The van der Waals surface area contributed by atoms with Crippen LogP contribution in [0.3, 0.4) is 0 Å². The highest BCUT2D eigenvalue weighted by Crippen LogP contribution is 2.15. The Bertz CT molecular complexity index is 466. The molecule has 3 nitrogen and oxygen atoms in total. The van der Waals surface area contributed by atoms with Crippen molar-refractivity contribution in [3.8, 4) is 0 Å². The third-order valence-corrected chi connectivity index (χ3v) is 3.41. The van der Waals surface area contributed by atoms with Gasteiger partial charge >= 0.3 is 0 Å². The van der Waals surface area contributed by atoms with Crippen molar-refractivity contribution in [2.75, 3.05) is 19.6 Å². The monoisotopic (exact) mass is 294 g/mol. The third kappa shape index (κ3) is 5.35. The summed E-state index contributed by atoms with van der Waals surface area (Å²) >= 11 is 5.82. The average Bonchev–Trinajstić information content (AvgIpc) is 2.44. The lowest BCUT2D eigenvalue weighted by molar-refractivity contribution is -0.127. The third-order valence-electron chi connectivity index (χ3n) is 3.15. The molecule has 0 unspecified atom stereocenters. The van der Waals surface area contributed by atoms with Gasteiger partial charge < -0.3 is 10.6 Å². The SMILES string of the molecule is CCN(CC(C)(C)CN)C(=O)C=Cc1ccc(Cl)cc1. The van der Waals surface area contributed by atoms with Crippen LogP contribution in [-0.2, 0) is 4.79 Å². The molecule has 0 fully saturated rings. The standard InChI is InChI=1S/C16H23ClN2O/c1-4-19(12-16(2,3)11-18)15(20)10-7-13-5-8-14(17)9-6-13/h5-10H,4,11-12,18H2,1-3H3. The first kappa shape index (κ1) is 16.7. The van der Waals surface area contributed by atoms with E-state index in [4.69, 9.17) is 17.3 Å². The molecule has 2 N–H and O–H groups in total. The second-order valence-corrected chi connectivity index (χ2v) is 6.04. The van der Waals surface area contributed by atoms with Crippen molar-refractivity contribution in [1.29, 1.82) is 0 Å². The first-order valence-corrected chi connectivity index (χ1v) is 7.18. The van der Waals surface area contributed by atoms with Crippen molar-refractivity contribution in [1.82, 2.24) is 4.90 Å². The molecule has 0 spiro atoms. The number of likely N-dealkylation sites (N-methyl/N-ethyl adjacent to an activating group) is 1. The minimum atomic E-state index is -0.0697. The minimum absolute atomic E-state index is 0.00368. The summed E-state index contributed by atoms with van der Waals surface area (Å²) in [5.41, 5.74) is 6.61. The van der Waals surface area contributed by atoms with Crippen LogP contribution < -0.4 is 5.73 Å². The molecule has 0 atom stereocenters. The van der Waals surface area contributed by atoms with Crippen molar-refractivity contribution in [3.05, 3.63) is 40.9 Å². The van der Waals surface area contributed by atoms with Crippen LogP contribution in [0.5, 0.6) is 0 Å². The van der Waals surface area contributed by atoms with Crippen molar-refractivity contribution in [2.45, 2.75) is 20.8 Å².